The van der Waals surface area contributed by atoms with Gasteiger partial charge in [0.2, 0.25) is 16.0 Å². The van der Waals surface area contributed by atoms with E-state index in [1.807, 2.05) is 12.1 Å². The number of likely N-dealkylation sites (N-methyl/N-ethyl adjacent to an activating group) is 1. The second-order valence-electron chi connectivity index (χ2n) is 11.8. The van der Waals surface area contributed by atoms with Crippen molar-refractivity contribution in [3.63, 3.8) is 0 Å². The highest BCUT2D eigenvalue weighted by atomic mass is 79.9. The predicted molar refractivity (Wildman–Crippen MR) is 181 cm³/mol. The molecule has 0 unspecified atom stereocenters. The standard InChI is InChI=1S/C30H38BrClN8O3S/c1-19-14-24(23(32)16-27(19)40-7-4-21(5-8-40)39-11-9-38(2)10-12-39)35-30-33-18-22(31)29(36-30)34-25-17-28-20(6-13-43-28)15-26(25)37-44(3,41)42/h14-18,21,37H,4-13H2,1-3H3,(H2,33,34,35,36). The van der Waals surface area contributed by atoms with Crippen molar-refractivity contribution < 1.29 is 13.2 Å². The van der Waals surface area contributed by atoms with Crippen LogP contribution in [0.4, 0.5) is 34.5 Å². The van der Waals surface area contributed by atoms with Gasteiger partial charge >= 0.3 is 0 Å². The number of nitrogens with zero attached hydrogens (tertiary/aromatic N) is 5. The Hall–Kier alpha value is -2.84. The van der Waals surface area contributed by atoms with E-state index in [-0.39, 0.29) is 0 Å². The van der Waals surface area contributed by atoms with Crippen LogP contribution in [-0.4, -0.2) is 93.4 Å². The van der Waals surface area contributed by atoms with E-state index < -0.39 is 10.0 Å². The fourth-order valence-corrected chi connectivity index (χ4v) is 7.21. The fourth-order valence-electron chi connectivity index (χ4n) is 6.14. The topological polar surface area (TPSA) is 115 Å². The van der Waals surface area contributed by atoms with Crippen molar-refractivity contribution in [1.82, 2.24) is 19.8 Å². The number of aromatic nitrogens is 2. The number of piperazine rings is 1. The molecule has 0 bridgehead atoms. The van der Waals surface area contributed by atoms with Crippen LogP contribution in [0, 0.1) is 6.92 Å². The van der Waals surface area contributed by atoms with Crippen LogP contribution >= 0.6 is 27.5 Å². The molecule has 0 atom stereocenters. The molecule has 2 aromatic carbocycles. The zero-order chi connectivity index (χ0) is 31.0. The zero-order valence-electron chi connectivity index (χ0n) is 25.2. The third kappa shape index (κ3) is 7.17. The van der Waals surface area contributed by atoms with Crippen molar-refractivity contribution in [2.45, 2.75) is 32.2 Å². The Balaban J connectivity index is 1.16. The molecule has 3 N–H and O–H groups in total. The quantitative estimate of drug-likeness (QED) is 0.289. The van der Waals surface area contributed by atoms with Crippen LogP contribution in [0.25, 0.3) is 0 Å². The van der Waals surface area contributed by atoms with Crippen LogP contribution in [0.5, 0.6) is 5.75 Å². The largest absolute Gasteiger partial charge is 0.493 e. The first-order valence-electron chi connectivity index (χ1n) is 14.8. The number of piperidine rings is 1. The van der Waals surface area contributed by atoms with E-state index in [1.54, 1.807) is 18.3 Å². The molecule has 1 aromatic heterocycles. The monoisotopic (exact) mass is 704 g/mol. The predicted octanol–water partition coefficient (Wildman–Crippen LogP) is 5.21. The summed E-state index contributed by atoms with van der Waals surface area (Å²) < 4.78 is 33.1. The summed E-state index contributed by atoms with van der Waals surface area (Å²) in [5.41, 5.74) is 4.86. The molecular weight excluding hydrogens is 668 g/mol. The zero-order valence-corrected chi connectivity index (χ0v) is 28.3. The highest BCUT2D eigenvalue weighted by Crippen LogP contribution is 2.38. The minimum absolute atomic E-state index is 0.341. The van der Waals surface area contributed by atoms with Crippen molar-refractivity contribution in [3.05, 3.63) is 51.1 Å². The molecule has 3 aromatic rings. The number of hydrogen-bond acceptors (Lipinski definition) is 10. The van der Waals surface area contributed by atoms with Crippen LogP contribution in [0.15, 0.2) is 34.9 Å². The van der Waals surface area contributed by atoms with Crippen LogP contribution in [-0.2, 0) is 16.4 Å². The molecule has 11 nitrogen and oxygen atoms in total. The number of halogens is 2. The Kier molecular flexibility index (Phi) is 9.12. The maximum atomic E-state index is 12.1. The van der Waals surface area contributed by atoms with Crippen molar-refractivity contribution in [1.29, 1.82) is 0 Å². The van der Waals surface area contributed by atoms with E-state index >= 15 is 0 Å². The van der Waals surface area contributed by atoms with Gasteiger partial charge in [0, 0.05) is 69.7 Å². The molecule has 4 heterocycles. The molecule has 44 heavy (non-hydrogen) atoms. The molecule has 3 aliphatic rings. The summed E-state index contributed by atoms with van der Waals surface area (Å²) in [7, 11) is -1.31. The second-order valence-corrected chi connectivity index (χ2v) is 14.8. The number of sulfonamides is 1. The van der Waals surface area contributed by atoms with Gasteiger partial charge in [-0.2, -0.15) is 4.98 Å². The molecule has 2 saturated heterocycles. The number of benzene rings is 2. The number of aryl methyl sites for hydroxylation is 1. The third-order valence-electron chi connectivity index (χ3n) is 8.51. The third-order valence-corrected chi connectivity index (χ3v) is 10.00. The summed E-state index contributed by atoms with van der Waals surface area (Å²) in [6, 6.07) is 8.29. The summed E-state index contributed by atoms with van der Waals surface area (Å²) in [5, 5.41) is 7.09. The van der Waals surface area contributed by atoms with Crippen LogP contribution in [0.3, 0.4) is 0 Å². The Labute approximate surface area is 272 Å². The average molecular weight is 706 g/mol. The highest BCUT2D eigenvalue weighted by molar-refractivity contribution is 9.10. The Morgan fingerprint density at radius 2 is 1.75 bits per heavy atom. The van der Waals surface area contributed by atoms with E-state index in [0.29, 0.717) is 63.1 Å². The van der Waals surface area contributed by atoms with E-state index in [4.69, 9.17) is 16.3 Å². The SMILES string of the molecule is Cc1cc(Nc2ncc(Br)c(Nc3cc4c(cc3NS(C)(=O)=O)CCO4)n2)c(Cl)cc1N1CCC(N2CCN(C)CC2)CC1. The molecule has 0 spiro atoms. The fraction of sp³-hybridized carbons (Fsp3) is 0.467. The summed E-state index contributed by atoms with van der Waals surface area (Å²) in [5.74, 6) is 1.50. The van der Waals surface area contributed by atoms with Gasteiger partial charge in [-0.25, -0.2) is 13.4 Å². The molecule has 3 aliphatic heterocycles. The molecule has 0 radical (unpaired) electrons. The lowest BCUT2D eigenvalue weighted by atomic mass is 10.0. The number of nitrogens with one attached hydrogen (secondary N) is 3. The van der Waals surface area contributed by atoms with Crippen LogP contribution in [0.2, 0.25) is 5.02 Å². The number of fused-ring (bicyclic) bond motifs is 1. The van der Waals surface area contributed by atoms with Gasteiger partial charge in [-0.05, 0) is 72.1 Å². The molecule has 236 valence electrons. The van der Waals surface area contributed by atoms with Gasteiger partial charge in [0.05, 0.1) is 39.4 Å². The summed E-state index contributed by atoms with van der Waals surface area (Å²) in [6.07, 6.45) is 5.77. The first-order valence-corrected chi connectivity index (χ1v) is 17.9. The van der Waals surface area contributed by atoms with Crippen molar-refractivity contribution in [2.75, 3.05) is 79.4 Å². The first kappa shape index (κ1) is 31.2. The van der Waals surface area contributed by atoms with Gasteiger partial charge in [-0.15, -0.1) is 0 Å². The molecule has 6 rings (SSSR count). The lowest BCUT2D eigenvalue weighted by Crippen LogP contribution is -2.52. The lowest BCUT2D eigenvalue weighted by molar-refractivity contribution is 0.0982. The first-order chi connectivity index (χ1) is 21.0. The minimum Gasteiger partial charge on any atom is -0.493 e. The van der Waals surface area contributed by atoms with Gasteiger partial charge in [0.25, 0.3) is 0 Å². The van der Waals surface area contributed by atoms with E-state index in [0.717, 1.165) is 75.2 Å². The second kappa shape index (κ2) is 12.9. The molecule has 2 fully saturated rings. The molecule has 0 aliphatic carbocycles. The number of rotatable bonds is 8. The minimum atomic E-state index is -3.51. The number of ether oxygens (including phenoxy) is 1. The smallest absolute Gasteiger partial charge is 0.229 e. The van der Waals surface area contributed by atoms with Gasteiger partial charge in [0.1, 0.15) is 11.6 Å². The molecule has 0 amide bonds. The lowest BCUT2D eigenvalue weighted by Gasteiger charge is -2.43. The maximum absolute atomic E-state index is 12.1. The van der Waals surface area contributed by atoms with Gasteiger partial charge in [0.15, 0.2) is 0 Å². The summed E-state index contributed by atoms with van der Waals surface area (Å²) in [4.78, 5) is 16.6. The van der Waals surface area contributed by atoms with E-state index in [2.05, 4.69) is 69.9 Å². The van der Waals surface area contributed by atoms with Crippen LogP contribution in [0.1, 0.15) is 24.0 Å². The molecule has 0 saturated carbocycles. The number of anilines is 6. The Bertz CT molecular complexity index is 1640. The Morgan fingerprint density at radius 3 is 2.48 bits per heavy atom. The normalized spacial score (nSPS) is 18.2. The van der Waals surface area contributed by atoms with Gasteiger partial charge in [-0.1, -0.05) is 11.6 Å². The molecular formula is C30H38BrClN8O3S. The van der Waals surface area contributed by atoms with Crippen LogP contribution < -0.4 is 25.0 Å². The summed E-state index contributed by atoms with van der Waals surface area (Å²) >= 11 is 10.3. The van der Waals surface area contributed by atoms with Crippen molar-refractivity contribution >= 4 is 72.1 Å². The van der Waals surface area contributed by atoms with Gasteiger partial charge < -0.3 is 25.2 Å². The Morgan fingerprint density at radius 1 is 1.00 bits per heavy atom. The van der Waals surface area contributed by atoms with Gasteiger partial charge in [-0.3, -0.25) is 9.62 Å². The van der Waals surface area contributed by atoms with E-state index in [1.165, 1.54) is 0 Å². The van der Waals surface area contributed by atoms with Crippen molar-refractivity contribution in [3.8, 4) is 5.75 Å². The summed E-state index contributed by atoms with van der Waals surface area (Å²) in [6.45, 7) is 9.28. The number of hydrogen-bond donors (Lipinski definition) is 3. The average Bonchev–Trinajstić information content (AvgIpc) is 3.43. The molecule has 14 heteroatoms. The van der Waals surface area contributed by atoms with Crippen molar-refractivity contribution in [2.24, 2.45) is 0 Å². The van der Waals surface area contributed by atoms with E-state index in [9.17, 15) is 8.42 Å². The maximum Gasteiger partial charge on any atom is 0.229 e. The highest BCUT2D eigenvalue weighted by Gasteiger charge is 2.27.